The minimum absolute atomic E-state index is 0.199. The molecular weight excluding hydrogens is 356 g/mol. The highest BCUT2D eigenvalue weighted by Gasteiger charge is 2.11. The Kier molecular flexibility index (Phi) is 5.59. The second-order valence-electron chi connectivity index (χ2n) is 4.04. The Morgan fingerprint density at radius 1 is 1.00 bits per heavy atom. The normalized spacial score (nSPS) is 10.3. The molecule has 0 aliphatic rings. The number of hydrogen-bond donors (Lipinski definition) is 1. The van der Waals surface area contributed by atoms with E-state index >= 15 is 0 Å². The predicted molar refractivity (Wildman–Crippen MR) is 87.0 cm³/mol. The number of carbonyl (C=O) groups is 1. The first-order valence-electron chi connectivity index (χ1n) is 5.78. The molecule has 0 radical (unpaired) electrons. The fraction of sp³-hybridized carbons (Fsp3) is 0.0714. The van der Waals surface area contributed by atoms with E-state index in [0.717, 1.165) is 0 Å². The summed E-state index contributed by atoms with van der Waals surface area (Å²) in [6, 6.07) is 9.72. The molecular formula is C14H9Cl4NO2. The average molecular weight is 365 g/mol. The van der Waals surface area contributed by atoms with Crippen molar-refractivity contribution in [3.8, 4) is 5.75 Å². The molecule has 110 valence electrons. The lowest BCUT2D eigenvalue weighted by molar-refractivity contribution is -0.118. The first kappa shape index (κ1) is 16.2. The Labute approximate surface area is 141 Å². The van der Waals surface area contributed by atoms with Crippen molar-refractivity contribution in [2.45, 2.75) is 0 Å². The van der Waals surface area contributed by atoms with Gasteiger partial charge in [0.2, 0.25) is 0 Å². The van der Waals surface area contributed by atoms with Crippen molar-refractivity contribution in [2.75, 3.05) is 11.9 Å². The van der Waals surface area contributed by atoms with Gasteiger partial charge in [-0.1, -0.05) is 52.5 Å². The molecule has 0 unspecified atom stereocenters. The molecule has 2 rings (SSSR count). The summed E-state index contributed by atoms with van der Waals surface area (Å²) >= 11 is 23.6. The molecule has 0 bridgehead atoms. The van der Waals surface area contributed by atoms with Crippen LogP contribution in [0.25, 0.3) is 0 Å². The fourth-order valence-corrected chi connectivity index (χ4v) is 2.63. The number of carbonyl (C=O) groups excluding carboxylic acids is 1. The van der Waals surface area contributed by atoms with E-state index in [1.54, 1.807) is 24.3 Å². The lowest BCUT2D eigenvalue weighted by atomic mass is 10.3. The van der Waals surface area contributed by atoms with Crippen molar-refractivity contribution in [3.63, 3.8) is 0 Å². The molecule has 2 aromatic rings. The topological polar surface area (TPSA) is 38.3 Å². The quantitative estimate of drug-likeness (QED) is 0.797. The van der Waals surface area contributed by atoms with Crippen LogP contribution in [0.3, 0.4) is 0 Å². The summed E-state index contributed by atoms with van der Waals surface area (Å²) in [5.41, 5.74) is 0.294. The summed E-state index contributed by atoms with van der Waals surface area (Å²) in [4.78, 5) is 11.8. The lowest BCUT2D eigenvalue weighted by Gasteiger charge is -2.11. The van der Waals surface area contributed by atoms with E-state index in [-0.39, 0.29) is 16.7 Å². The molecule has 0 atom stereocenters. The molecule has 2 aromatic carbocycles. The molecule has 21 heavy (non-hydrogen) atoms. The molecule has 0 spiro atoms. The third-order valence-corrected chi connectivity index (χ3v) is 3.49. The molecule has 0 aliphatic carbocycles. The van der Waals surface area contributed by atoms with Crippen molar-refractivity contribution in [1.29, 1.82) is 0 Å². The van der Waals surface area contributed by atoms with Crippen molar-refractivity contribution in [3.05, 3.63) is 56.5 Å². The van der Waals surface area contributed by atoms with Crippen LogP contribution in [-0.2, 0) is 4.79 Å². The van der Waals surface area contributed by atoms with Crippen molar-refractivity contribution < 1.29 is 9.53 Å². The second kappa shape index (κ2) is 7.23. The van der Waals surface area contributed by atoms with Gasteiger partial charge in [-0.25, -0.2) is 0 Å². The van der Waals surface area contributed by atoms with Crippen molar-refractivity contribution >= 4 is 58.0 Å². The zero-order valence-corrected chi connectivity index (χ0v) is 13.5. The average Bonchev–Trinajstić information content (AvgIpc) is 2.40. The maximum atomic E-state index is 11.8. The first-order chi connectivity index (χ1) is 9.95. The number of ether oxygens (including phenoxy) is 1. The van der Waals surface area contributed by atoms with E-state index in [4.69, 9.17) is 51.1 Å². The monoisotopic (exact) mass is 363 g/mol. The Bertz CT molecular complexity index is 653. The van der Waals surface area contributed by atoms with Gasteiger partial charge in [-0.2, -0.15) is 0 Å². The van der Waals surface area contributed by atoms with Gasteiger partial charge < -0.3 is 10.1 Å². The standard InChI is InChI=1S/C14H9Cl4NO2/c15-8-2-1-3-10(4-8)21-7-13(20)19-14-11(17)5-9(16)6-12(14)18/h1-6H,7H2,(H,19,20). The van der Waals surface area contributed by atoms with E-state index in [1.807, 2.05) is 0 Å². The van der Waals surface area contributed by atoms with Crippen LogP contribution in [0.1, 0.15) is 0 Å². The smallest absolute Gasteiger partial charge is 0.262 e. The van der Waals surface area contributed by atoms with Gasteiger partial charge in [-0.3, -0.25) is 4.79 Å². The van der Waals surface area contributed by atoms with Crippen molar-refractivity contribution in [1.82, 2.24) is 0 Å². The number of benzene rings is 2. The van der Waals surface area contributed by atoms with Gasteiger partial charge in [0.15, 0.2) is 6.61 Å². The highest BCUT2D eigenvalue weighted by atomic mass is 35.5. The molecule has 0 saturated heterocycles. The molecule has 0 fully saturated rings. The second-order valence-corrected chi connectivity index (χ2v) is 5.73. The summed E-state index contributed by atoms with van der Waals surface area (Å²) in [6.07, 6.45) is 0. The Balaban J connectivity index is 1.99. The lowest BCUT2D eigenvalue weighted by Crippen LogP contribution is -2.20. The zero-order chi connectivity index (χ0) is 15.4. The Morgan fingerprint density at radius 3 is 2.29 bits per heavy atom. The molecule has 0 saturated carbocycles. The highest BCUT2D eigenvalue weighted by molar-refractivity contribution is 6.42. The SMILES string of the molecule is O=C(COc1cccc(Cl)c1)Nc1c(Cl)cc(Cl)cc1Cl. The number of anilines is 1. The van der Waals surface area contributed by atoms with Crippen LogP contribution in [-0.4, -0.2) is 12.5 Å². The summed E-state index contributed by atoms with van der Waals surface area (Å²) in [6.45, 7) is -0.199. The third kappa shape index (κ3) is 4.68. The predicted octanol–water partition coefficient (Wildman–Crippen LogP) is 5.32. The van der Waals surface area contributed by atoms with Gasteiger partial charge in [0, 0.05) is 10.0 Å². The maximum absolute atomic E-state index is 11.8. The maximum Gasteiger partial charge on any atom is 0.262 e. The van der Waals surface area contributed by atoms with E-state index in [0.29, 0.717) is 21.5 Å². The van der Waals surface area contributed by atoms with Crippen LogP contribution < -0.4 is 10.1 Å². The Morgan fingerprint density at radius 2 is 1.67 bits per heavy atom. The van der Waals surface area contributed by atoms with Gasteiger partial charge in [0.25, 0.3) is 5.91 Å². The zero-order valence-electron chi connectivity index (χ0n) is 10.5. The largest absolute Gasteiger partial charge is 0.484 e. The van der Waals surface area contributed by atoms with Gasteiger partial charge in [0.05, 0.1) is 15.7 Å². The number of rotatable bonds is 4. The highest BCUT2D eigenvalue weighted by Crippen LogP contribution is 2.33. The van der Waals surface area contributed by atoms with Crippen LogP contribution in [0.2, 0.25) is 20.1 Å². The van der Waals surface area contributed by atoms with Crippen molar-refractivity contribution in [2.24, 2.45) is 0 Å². The third-order valence-electron chi connectivity index (χ3n) is 2.44. The van der Waals surface area contributed by atoms with Crippen LogP contribution in [0.15, 0.2) is 36.4 Å². The number of halogens is 4. The molecule has 1 N–H and O–H groups in total. The summed E-state index contributed by atoms with van der Waals surface area (Å²) in [5.74, 6) is 0.0899. The van der Waals surface area contributed by atoms with E-state index in [9.17, 15) is 4.79 Å². The summed E-state index contributed by atoms with van der Waals surface area (Å²) < 4.78 is 5.32. The summed E-state index contributed by atoms with van der Waals surface area (Å²) in [5, 5.41) is 3.99. The van der Waals surface area contributed by atoms with Crippen LogP contribution >= 0.6 is 46.4 Å². The van der Waals surface area contributed by atoms with Gasteiger partial charge in [0.1, 0.15) is 5.75 Å². The number of hydrogen-bond acceptors (Lipinski definition) is 2. The fourth-order valence-electron chi connectivity index (χ4n) is 1.54. The minimum Gasteiger partial charge on any atom is -0.484 e. The molecule has 0 aromatic heterocycles. The number of amides is 1. The minimum atomic E-state index is -0.402. The molecule has 1 amide bonds. The summed E-state index contributed by atoms with van der Waals surface area (Å²) in [7, 11) is 0. The first-order valence-corrected chi connectivity index (χ1v) is 7.29. The molecule has 7 heteroatoms. The Hall–Kier alpha value is -1.13. The van der Waals surface area contributed by atoms with Gasteiger partial charge in [-0.15, -0.1) is 0 Å². The van der Waals surface area contributed by atoms with E-state index < -0.39 is 5.91 Å². The molecule has 0 heterocycles. The van der Waals surface area contributed by atoms with Gasteiger partial charge >= 0.3 is 0 Å². The van der Waals surface area contributed by atoms with E-state index in [1.165, 1.54) is 12.1 Å². The molecule has 3 nitrogen and oxygen atoms in total. The van der Waals surface area contributed by atoms with Gasteiger partial charge in [-0.05, 0) is 30.3 Å². The van der Waals surface area contributed by atoms with E-state index in [2.05, 4.69) is 5.32 Å². The molecule has 0 aliphatic heterocycles. The van der Waals surface area contributed by atoms with Crippen LogP contribution in [0.4, 0.5) is 5.69 Å². The van der Waals surface area contributed by atoms with Crippen LogP contribution in [0, 0.1) is 0 Å². The van der Waals surface area contributed by atoms with Crippen LogP contribution in [0.5, 0.6) is 5.75 Å². The number of nitrogens with one attached hydrogen (secondary N) is 1.